The van der Waals surface area contributed by atoms with E-state index in [1.807, 2.05) is 18.2 Å². The lowest BCUT2D eigenvalue weighted by atomic mass is 10.0. The number of fused-ring (bicyclic) bond motifs is 1. The Balaban J connectivity index is 2.10. The van der Waals surface area contributed by atoms with Crippen LogP contribution in [-0.2, 0) is 0 Å². The molecule has 18 heavy (non-hydrogen) atoms. The van der Waals surface area contributed by atoms with E-state index < -0.39 is 0 Å². The minimum absolute atomic E-state index is 0.441. The summed E-state index contributed by atoms with van der Waals surface area (Å²) in [6.07, 6.45) is 3.67. The number of halogens is 1. The van der Waals surface area contributed by atoms with Crippen molar-refractivity contribution >= 4 is 27.3 Å². The summed E-state index contributed by atoms with van der Waals surface area (Å²) in [5.74, 6) is 2.27. The molecule has 0 spiro atoms. The fourth-order valence-electron chi connectivity index (χ4n) is 2.66. The van der Waals surface area contributed by atoms with Gasteiger partial charge < -0.3 is 11.1 Å². The highest BCUT2D eigenvalue weighted by Crippen LogP contribution is 2.29. The molecule has 1 fully saturated rings. The van der Waals surface area contributed by atoms with E-state index >= 15 is 0 Å². The van der Waals surface area contributed by atoms with Crippen molar-refractivity contribution in [1.29, 1.82) is 0 Å². The molecule has 0 aromatic carbocycles. The number of hydrogen-bond donors (Lipinski definition) is 2. The van der Waals surface area contributed by atoms with Gasteiger partial charge in [0, 0.05) is 12.5 Å². The maximum Gasteiger partial charge on any atom is 0.132 e. The van der Waals surface area contributed by atoms with E-state index in [2.05, 4.69) is 30.6 Å². The van der Waals surface area contributed by atoms with Crippen LogP contribution in [0.3, 0.4) is 0 Å². The molecular formula is C13H17BrN4. The summed E-state index contributed by atoms with van der Waals surface area (Å²) >= 11 is 3.53. The van der Waals surface area contributed by atoms with Gasteiger partial charge in [-0.3, -0.25) is 4.40 Å². The molecule has 2 aromatic rings. The van der Waals surface area contributed by atoms with E-state index in [4.69, 9.17) is 5.73 Å². The Morgan fingerprint density at radius 3 is 3.17 bits per heavy atom. The number of anilines is 1. The minimum atomic E-state index is 0.441. The number of imidazole rings is 1. The van der Waals surface area contributed by atoms with Crippen molar-refractivity contribution in [2.45, 2.75) is 25.2 Å². The molecule has 1 aliphatic rings. The number of nitrogen functional groups attached to an aromatic ring is 1. The van der Waals surface area contributed by atoms with E-state index in [0.717, 1.165) is 34.9 Å². The number of aromatic nitrogens is 2. The minimum Gasteiger partial charge on any atom is -0.385 e. The van der Waals surface area contributed by atoms with Crippen LogP contribution < -0.4 is 11.1 Å². The molecule has 3 heterocycles. The molecule has 0 amide bonds. The Bertz CT molecular complexity index is 555. The number of rotatable bonds is 1. The monoisotopic (exact) mass is 308 g/mol. The SMILES string of the molecule is Nc1cccc2c(Br)nc(C3CCCCNC3)n12. The zero-order valence-corrected chi connectivity index (χ0v) is 11.8. The highest BCUT2D eigenvalue weighted by molar-refractivity contribution is 9.10. The van der Waals surface area contributed by atoms with Gasteiger partial charge >= 0.3 is 0 Å². The lowest BCUT2D eigenvalue weighted by Gasteiger charge is -2.14. The lowest BCUT2D eigenvalue weighted by molar-refractivity contribution is 0.576. The Labute approximate surface area is 115 Å². The molecule has 1 saturated heterocycles. The third-order valence-electron chi connectivity index (χ3n) is 3.59. The van der Waals surface area contributed by atoms with Gasteiger partial charge in [-0.2, -0.15) is 0 Å². The average molecular weight is 309 g/mol. The predicted molar refractivity (Wildman–Crippen MR) is 76.8 cm³/mol. The maximum atomic E-state index is 6.10. The predicted octanol–water partition coefficient (Wildman–Crippen LogP) is 2.54. The second-order valence-corrected chi connectivity index (χ2v) is 5.58. The number of nitrogens with one attached hydrogen (secondary N) is 1. The molecule has 0 bridgehead atoms. The van der Waals surface area contributed by atoms with E-state index in [1.54, 1.807) is 0 Å². The Kier molecular flexibility index (Phi) is 3.26. The van der Waals surface area contributed by atoms with Gasteiger partial charge in [-0.25, -0.2) is 4.98 Å². The third-order valence-corrected chi connectivity index (χ3v) is 4.17. The summed E-state index contributed by atoms with van der Waals surface area (Å²) in [7, 11) is 0. The first-order valence-corrected chi connectivity index (χ1v) is 7.19. The fourth-order valence-corrected chi connectivity index (χ4v) is 3.16. The molecule has 4 nitrogen and oxygen atoms in total. The number of hydrogen-bond acceptors (Lipinski definition) is 3. The molecule has 96 valence electrons. The van der Waals surface area contributed by atoms with Crippen molar-refractivity contribution in [3.05, 3.63) is 28.6 Å². The molecule has 1 atom stereocenters. The van der Waals surface area contributed by atoms with Crippen LogP contribution in [0.15, 0.2) is 22.8 Å². The van der Waals surface area contributed by atoms with Gasteiger partial charge in [0.15, 0.2) is 0 Å². The molecular weight excluding hydrogens is 292 g/mol. The Morgan fingerprint density at radius 2 is 2.28 bits per heavy atom. The smallest absolute Gasteiger partial charge is 0.132 e. The van der Waals surface area contributed by atoms with Gasteiger partial charge in [-0.15, -0.1) is 0 Å². The zero-order valence-electron chi connectivity index (χ0n) is 10.2. The standard InChI is InChI=1S/C13H17BrN4/c14-12-10-5-3-6-11(15)18(10)13(17-12)9-4-1-2-7-16-8-9/h3,5-6,9,16H,1-2,4,7-8,15H2. The summed E-state index contributed by atoms with van der Waals surface area (Å²) in [5.41, 5.74) is 7.15. The van der Waals surface area contributed by atoms with Crippen LogP contribution in [0.1, 0.15) is 31.0 Å². The first-order chi connectivity index (χ1) is 8.77. The Morgan fingerprint density at radius 1 is 1.39 bits per heavy atom. The van der Waals surface area contributed by atoms with Crippen LogP contribution in [0.4, 0.5) is 5.82 Å². The number of pyridine rings is 1. The molecule has 3 N–H and O–H groups in total. The van der Waals surface area contributed by atoms with Gasteiger partial charge in [0.05, 0.1) is 5.52 Å². The highest BCUT2D eigenvalue weighted by Gasteiger charge is 2.21. The van der Waals surface area contributed by atoms with Crippen LogP contribution in [-0.4, -0.2) is 22.5 Å². The molecule has 0 aliphatic carbocycles. The first kappa shape index (κ1) is 12.0. The number of nitrogens with two attached hydrogens (primary N) is 1. The molecule has 2 aromatic heterocycles. The summed E-state index contributed by atoms with van der Waals surface area (Å²) in [6.45, 7) is 2.09. The van der Waals surface area contributed by atoms with Gasteiger partial charge in [0.2, 0.25) is 0 Å². The first-order valence-electron chi connectivity index (χ1n) is 6.40. The van der Waals surface area contributed by atoms with Gasteiger partial charge in [0.1, 0.15) is 16.2 Å². The van der Waals surface area contributed by atoms with Crippen molar-refractivity contribution in [2.24, 2.45) is 0 Å². The summed E-state index contributed by atoms with van der Waals surface area (Å²) < 4.78 is 2.95. The van der Waals surface area contributed by atoms with Crippen LogP contribution in [0.25, 0.3) is 5.52 Å². The van der Waals surface area contributed by atoms with Crippen LogP contribution >= 0.6 is 15.9 Å². The van der Waals surface area contributed by atoms with Crippen molar-refractivity contribution in [2.75, 3.05) is 18.8 Å². The van der Waals surface area contributed by atoms with Crippen molar-refractivity contribution < 1.29 is 0 Å². The normalized spacial score (nSPS) is 21.1. The van der Waals surface area contributed by atoms with Gasteiger partial charge in [-0.1, -0.05) is 12.5 Å². The number of nitrogens with zero attached hydrogens (tertiary/aromatic N) is 2. The average Bonchev–Trinajstić information content (AvgIpc) is 2.56. The van der Waals surface area contributed by atoms with Crippen molar-refractivity contribution in [3.63, 3.8) is 0 Å². The summed E-state index contributed by atoms with van der Waals surface area (Å²) in [6, 6.07) is 5.93. The molecule has 0 radical (unpaired) electrons. The largest absolute Gasteiger partial charge is 0.385 e. The second kappa shape index (κ2) is 4.90. The molecule has 0 saturated carbocycles. The summed E-state index contributed by atoms with van der Waals surface area (Å²) in [5, 5.41) is 3.48. The van der Waals surface area contributed by atoms with Crippen LogP contribution in [0, 0.1) is 0 Å². The molecule has 5 heteroatoms. The summed E-state index contributed by atoms with van der Waals surface area (Å²) in [4.78, 5) is 4.68. The van der Waals surface area contributed by atoms with Crippen molar-refractivity contribution in [3.8, 4) is 0 Å². The maximum absolute atomic E-state index is 6.10. The highest BCUT2D eigenvalue weighted by atomic mass is 79.9. The Hall–Kier alpha value is -1.07. The van der Waals surface area contributed by atoms with Crippen LogP contribution in [0.5, 0.6) is 0 Å². The van der Waals surface area contributed by atoms with Gasteiger partial charge in [-0.05, 0) is 47.4 Å². The topological polar surface area (TPSA) is 55.3 Å². The van der Waals surface area contributed by atoms with E-state index in [0.29, 0.717) is 5.92 Å². The quantitative estimate of drug-likeness (QED) is 0.851. The van der Waals surface area contributed by atoms with Gasteiger partial charge in [0.25, 0.3) is 0 Å². The van der Waals surface area contributed by atoms with Crippen LogP contribution in [0.2, 0.25) is 0 Å². The molecule has 1 unspecified atom stereocenters. The molecule has 3 rings (SSSR count). The van der Waals surface area contributed by atoms with E-state index in [9.17, 15) is 0 Å². The van der Waals surface area contributed by atoms with E-state index in [1.165, 1.54) is 19.3 Å². The third kappa shape index (κ3) is 2.01. The fraction of sp³-hybridized carbons (Fsp3) is 0.462. The molecule has 1 aliphatic heterocycles. The zero-order chi connectivity index (χ0) is 12.5. The van der Waals surface area contributed by atoms with Crippen molar-refractivity contribution in [1.82, 2.24) is 14.7 Å². The second-order valence-electron chi connectivity index (χ2n) is 4.83. The van der Waals surface area contributed by atoms with E-state index in [-0.39, 0.29) is 0 Å². The lowest BCUT2D eigenvalue weighted by Crippen LogP contribution is -2.21.